The maximum absolute atomic E-state index is 12.4. The SMILES string of the molecule is COc1cc(Br)cc(/C=C(\C#N)C(=O)N[C@H]2CCCC[C@@H]2C)c1O. The Morgan fingerprint density at radius 3 is 2.79 bits per heavy atom. The lowest BCUT2D eigenvalue weighted by molar-refractivity contribution is -0.118. The third-order valence-electron chi connectivity index (χ3n) is 4.38. The molecule has 24 heavy (non-hydrogen) atoms. The number of aromatic hydroxyl groups is 1. The van der Waals surface area contributed by atoms with Gasteiger partial charge in [-0.3, -0.25) is 4.79 Å². The van der Waals surface area contributed by atoms with Gasteiger partial charge < -0.3 is 15.2 Å². The molecule has 1 fully saturated rings. The van der Waals surface area contributed by atoms with Crippen LogP contribution in [-0.4, -0.2) is 24.2 Å². The van der Waals surface area contributed by atoms with Crippen LogP contribution in [0.2, 0.25) is 0 Å². The molecule has 0 saturated heterocycles. The van der Waals surface area contributed by atoms with Crippen molar-refractivity contribution in [2.45, 2.75) is 38.6 Å². The van der Waals surface area contributed by atoms with Gasteiger partial charge in [-0.25, -0.2) is 0 Å². The van der Waals surface area contributed by atoms with Crippen molar-refractivity contribution in [2.75, 3.05) is 7.11 Å². The van der Waals surface area contributed by atoms with Crippen LogP contribution in [0.5, 0.6) is 11.5 Å². The lowest BCUT2D eigenvalue weighted by atomic mass is 9.86. The second kappa shape index (κ2) is 8.20. The number of methoxy groups -OCH3 is 1. The summed E-state index contributed by atoms with van der Waals surface area (Å²) < 4.78 is 5.77. The summed E-state index contributed by atoms with van der Waals surface area (Å²) in [6, 6.07) is 5.26. The first-order valence-corrected chi connectivity index (χ1v) is 8.74. The van der Waals surface area contributed by atoms with Crippen LogP contribution in [0.1, 0.15) is 38.2 Å². The molecule has 0 unspecified atom stereocenters. The zero-order valence-electron chi connectivity index (χ0n) is 13.8. The first-order valence-electron chi connectivity index (χ1n) is 7.95. The molecular weight excluding hydrogens is 372 g/mol. The predicted molar refractivity (Wildman–Crippen MR) is 95.5 cm³/mol. The second-order valence-corrected chi connectivity index (χ2v) is 6.97. The summed E-state index contributed by atoms with van der Waals surface area (Å²) in [5, 5.41) is 22.5. The largest absolute Gasteiger partial charge is 0.504 e. The van der Waals surface area contributed by atoms with Gasteiger partial charge in [0.15, 0.2) is 11.5 Å². The third kappa shape index (κ3) is 4.30. The minimum Gasteiger partial charge on any atom is -0.504 e. The van der Waals surface area contributed by atoms with Crippen molar-refractivity contribution in [3.05, 3.63) is 27.7 Å². The molecule has 2 atom stereocenters. The molecule has 2 rings (SSSR count). The van der Waals surface area contributed by atoms with Gasteiger partial charge in [-0.2, -0.15) is 5.26 Å². The zero-order valence-corrected chi connectivity index (χ0v) is 15.4. The fourth-order valence-corrected chi connectivity index (χ4v) is 3.40. The molecule has 1 aromatic rings. The maximum atomic E-state index is 12.4. The Morgan fingerprint density at radius 1 is 1.46 bits per heavy atom. The number of benzene rings is 1. The van der Waals surface area contributed by atoms with Crippen LogP contribution >= 0.6 is 15.9 Å². The Labute approximate surface area is 150 Å². The Hall–Kier alpha value is -2.00. The molecule has 0 heterocycles. The van der Waals surface area contributed by atoms with Gasteiger partial charge in [-0.15, -0.1) is 0 Å². The van der Waals surface area contributed by atoms with Crippen molar-refractivity contribution in [2.24, 2.45) is 5.92 Å². The van der Waals surface area contributed by atoms with E-state index in [1.54, 1.807) is 12.1 Å². The van der Waals surface area contributed by atoms with Gasteiger partial charge in [0, 0.05) is 16.1 Å². The Bertz CT molecular complexity index is 694. The van der Waals surface area contributed by atoms with E-state index in [4.69, 9.17) is 4.74 Å². The molecule has 6 heteroatoms. The summed E-state index contributed by atoms with van der Waals surface area (Å²) in [7, 11) is 1.44. The average Bonchev–Trinajstić information content (AvgIpc) is 2.57. The molecule has 1 aliphatic rings. The number of hydrogen-bond acceptors (Lipinski definition) is 4. The van der Waals surface area contributed by atoms with E-state index in [-0.39, 0.29) is 23.1 Å². The lowest BCUT2D eigenvalue weighted by Crippen LogP contribution is -2.41. The average molecular weight is 393 g/mol. The van der Waals surface area contributed by atoms with Crippen molar-refractivity contribution in [1.29, 1.82) is 5.26 Å². The van der Waals surface area contributed by atoms with Gasteiger partial charge in [-0.1, -0.05) is 35.7 Å². The summed E-state index contributed by atoms with van der Waals surface area (Å²) in [6.45, 7) is 2.12. The van der Waals surface area contributed by atoms with Crippen molar-refractivity contribution in [3.8, 4) is 17.6 Å². The number of rotatable bonds is 4. The van der Waals surface area contributed by atoms with Gasteiger partial charge >= 0.3 is 0 Å². The molecular formula is C18H21BrN2O3. The molecule has 0 radical (unpaired) electrons. The number of amides is 1. The molecule has 0 bridgehead atoms. The maximum Gasteiger partial charge on any atom is 0.262 e. The number of carbonyl (C=O) groups is 1. The summed E-state index contributed by atoms with van der Waals surface area (Å²) in [5.41, 5.74) is 0.313. The fraction of sp³-hybridized carbons (Fsp3) is 0.444. The van der Waals surface area contributed by atoms with Crippen molar-refractivity contribution in [1.82, 2.24) is 5.32 Å². The number of nitriles is 1. The zero-order chi connectivity index (χ0) is 17.7. The van der Waals surface area contributed by atoms with Gasteiger partial charge in [0.05, 0.1) is 7.11 Å². The molecule has 1 amide bonds. The summed E-state index contributed by atoms with van der Waals surface area (Å²) in [5.74, 6) is 0.165. The van der Waals surface area contributed by atoms with Crippen LogP contribution in [-0.2, 0) is 4.79 Å². The number of phenols is 1. The summed E-state index contributed by atoms with van der Waals surface area (Å²) in [4.78, 5) is 12.4. The molecule has 0 aliphatic heterocycles. The number of nitrogens with zero attached hydrogens (tertiary/aromatic N) is 1. The first-order chi connectivity index (χ1) is 11.5. The molecule has 5 nitrogen and oxygen atoms in total. The van der Waals surface area contributed by atoms with Crippen LogP contribution in [0.3, 0.4) is 0 Å². The highest BCUT2D eigenvalue weighted by Gasteiger charge is 2.24. The number of hydrogen-bond donors (Lipinski definition) is 2. The molecule has 1 aliphatic carbocycles. The minimum absolute atomic E-state index is 0.0387. The summed E-state index contributed by atoms with van der Waals surface area (Å²) in [6.07, 6.45) is 5.66. The standard InChI is InChI=1S/C18H21BrN2O3/c1-11-5-3-4-6-15(11)21-18(23)13(10-20)7-12-8-14(19)9-16(24-2)17(12)22/h7-9,11,15,22H,3-6H2,1-2H3,(H,21,23)/b13-7+/t11-,15-/m0/s1. The fourth-order valence-electron chi connectivity index (χ4n) is 2.94. The topological polar surface area (TPSA) is 82.3 Å². The van der Waals surface area contributed by atoms with Crippen LogP contribution in [0, 0.1) is 17.2 Å². The first kappa shape index (κ1) is 18.3. The van der Waals surface area contributed by atoms with Gasteiger partial charge in [0.1, 0.15) is 11.6 Å². The number of phenolic OH excluding ortho intramolecular Hbond substituents is 1. The smallest absolute Gasteiger partial charge is 0.262 e. The highest BCUT2D eigenvalue weighted by Crippen LogP contribution is 2.35. The highest BCUT2D eigenvalue weighted by atomic mass is 79.9. The number of ether oxygens (including phenoxy) is 1. The lowest BCUT2D eigenvalue weighted by Gasteiger charge is -2.29. The normalized spacial score (nSPS) is 21.0. The van der Waals surface area contributed by atoms with E-state index in [0.717, 1.165) is 19.3 Å². The van der Waals surface area contributed by atoms with E-state index in [9.17, 15) is 15.2 Å². The molecule has 1 saturated carbocycles. The van der Waals surface area contributed by atoms with Crippen LogP contribution in [0.25, 0.3) is 6.08 Å². The Balaban J connectivity index is 2.24. The van der Waals surface area contributed by atoms with Crippen LogP contribution < -0.4 is 10.1 Å². The van der Waals surface area contributed by atoms with Crippen molar-refractivity contribution >= 4 is 27.9 Å². The van der Waals surface area contributed by atoms with E-state index < -0.39 is 5.91 Å². The Morgan fingerprint density at radius 2 is 2.17 bits per heavy atom. The molecule has 2 N–H and O–H groups in total. The highest BCUT2D eigenvalue weighted by molar-refractivity contribution is 9.10. The monoisotopic (exact) mass is 392 g/mol. The predicted octanol–water partition coefficient (Wildman–Crippen LogP) is 3.77. The van der Waals surface area contributed by atoms with Crippen LogP contribution in [0.15, 0.2) is 22.2 Å². The van der Waals surface area contributed by atoms with Crippen molar-refractivity contribution < 1.29 is 14.6 Å². The molecule has 0 aromatic heterocycles. The van der Waals surface area contributed by atoms with E-state index >= 15 is 0 Å². The quantitative estimate of drug-likeness (QED) is 0.603. The molecule has 1 aromatic carbocycles. The van der Waals surface area contributed by atoms with E-state index in [1.807, 2.05) is 6.07 Å². The molecule has 0 spiro atoms. The van der Waals surface area contributed by atoms with Crippen LogP contribution in [0.4, 0.5) is 0 Å². The molecule has 128 valence electrons. The second-order valence-electron chi connectivity index (χ2n) is 6.06. The van der Waals surface area contributed by atoms with E-state index in [1.165, 1.54) is 19.6 Å². The Kier molecular flexibility index (Phi) is 6.27. The minimum atomic E-state index is -0.408. The number of nitrogens with one attached hydrogen (secondary N) is 1. The van der Waals surface area contributed by atoms with Gasteiger partial charge in [0.2, 0.25) is 0 Å². The number of carbonyl (C=O) groups excluding carboxylic acids is 1. The summed E-state index contributed by atoms with van der Waals surface area (Å²) >= 11 is 3.32. The van der Waals surface area contributed by atoms with Gasteiger partial charge in [0.25, 0.3) is 5.91 Å². The van der Waals surface area contributed by atoms with Gasteiger partial charge in [-0.05, 0) is 37.0 Å². The van der Waals surface area contributed by atoms with Crippen molar-refractivity contribution in [3.63, 3.8) is 0 Å². The third-order valence-corrected chi connectivity index (χ3v) is 4.84. The van der Waals surface area contributed by atoms with E-state index in [0.29, 0.717) is 16.0 Å². The van der Waals surface area contributed by atoms with E-state index in [2.05, 4.69) is 28.2 Å². The number of halogens is 1.